The number of fused-ring (bicyclic) bond motifs is 1. The Balaban J connectivity index is 1.77. The van der Waals surface area contributed by atoms with Crippen LogP contribution in [0.4, 0.5) is 0 Å². The van der Waals surface area contributed by atoms with Gasteiger partial charge in [-0.1, -0.05) is 53.8 Å². The lowest BCUT2D eigenvalue weighted by Crippen LogP contribution is -2.40. The van der Waals surface area contributed by atoms with E-state index >= 15 is 0 Å². The number of esters is 1. The first-order valence-electron chi connectivity index (χ1n) is 13.2. The van der Waals surface area contributed by atoms with Gasteiger partial charge in [-0.25, -0.2) is 9.79 Å². The third kappa shape index (κ3) is 5.98. The molecular formula is C32H26BrN3O6S. The molecule has 0 saturated heterocycles. The van der Waals surface area contributed by atoms with Crippen LogP contribution in [0, 0.1) is 11.3 Å². The molecule has 2 heterocycles. The molecule has 0 radical (unpaired) electrons. The highest BCUT2D eigenvalue weighted by Gasteiger charge is 2.35. The summed E-state index contributed by atoms with van der Waals surface area (Å²) in [6.07, 6.45) is 1.73. The highest BCUT2D eigenvalue weighted by Crippen LogP contribution is 2.38. The van der Waals surface area contributed by atoms with Crippen molar-refractivity contribution in [3.8, 4) is 23.3 Å². The Labute approximate surface area is 259 Å². The van der Waals surface area contributed by atoms with Crippen molar-refractivity contribution in [2.45, 2.75) is 13.0 Å². The van der Waals surface area contributed by atoms with Crippen molar-refractivity contribution in [2.75, 3.05) is 27.4 Å². The van der Waals surface area contributed by atoms with Gasteiger partial charge in [-0.3, -0.25) is 9.36 Å². The van der Waals surface area contributed by atoms with Crippen LogP contribution in [-0.2, 0) is 9.53 Å². The van der Waals surface area contributed by atoms with Gasteiger partial charge in [0.15, 0.2) is 22.9 Å². The van der Waals surface area contributed by atoms with Gasteiger partial charge in [0.25, 0.3) is 5.56 Å². The molecule has 43 heavy (non-hydrogen) atoms. The quantitative estimate of drug-likeness (QED) is 0.241. The van der Waals surface area contributed by atoms with Crippen molar-refractivity contribution < 1.29 is 23.7 Å². The normalized spacial score (nSPS) is 14.4. The number of thiazole rings is 1. The van der Waals surface area contributed by atoms with Crippen LogP contribution in [0.2, 0.25) is 0 Å². The Bertz CT molecular complexity index is 1920. The molecule has 0 saturated carbocycles. The molecule has 9 nitrogen and oxygen atoms in total. The van der Waals surface area contributed by atoms with Gasteiger partial charge in [-0.2, -0.15) is 5.26 Å². The van der Waals surface area contributed by atoms with E-state index in [2.05, 4.69) is 15.9 Å². The van der Waals surface area contributed by atoms with E-state index < -0.39 is 12.0 Å². The molecule has 0 amide bonds. The van der Waals surface area contributed by atoms with Crippen molar-refractivity contribution in [1.29, 1.82) is 5.26 Å². The van der Waals surface area contributed by atoms with Crippen LogP contribution < -0.4 is 29.1 Å². The topological polar surface area (TPSA) is 112 Å². The summed E-state index contributed by atoms with van der Waals surface area (Å²) in [7, 11) is 3.07. The van der Waals surface area contributed by atoms with E-state index in [0.717, 1.165) is 5.56 Å². The Morgan fingerprint density at radius 3 is 2.51 bits per heavy atom. The summed E-state index contributed by atoms with van der Waals surface area (Å²) >= 11 is 4.69. The highest BCUT2D eigenvalue weighted by molar-refractivity contribution is 9.10. The number of methoxy groups -OCH3 is 2. The zero-order valence-electron chi connectivity index (χ0n) is 23.5. The predicted molar refractivity (Wildman–Crippen MR) is 166 cm³/mol. The average Bonchev–Trinajstić information content (AvgIpc) is 3.34. The van der Waals surface area contributed by atoms with Gasteiger partial charge in [0.1, 0.15) is 11.8 Å². The summed E-state index contributed by atoms with van der Waals surface area (Å²) in [5.74, 6) is 0.870. The Kier molecular flexibility index (Phi) is 9.09. The van der Waals surface area contributed by atoms with Crippen molar-refractivity contribution in [3.05, 3.63) is 113 Å². The van der Waals surface area contributed by atoms with Crippen LogP contribution in [0.15, 0.2) is 86.6 Å². The molecule has 11 heteroatoms. The van der Waals surface area contributed by atoms with E-state index in [-0.39, 0.29) is 24.3 Å². The third-order valence-electron chi connectivity index (χ3n) is 6.64. The number of carbonyl (C=O) groups excluding carboxylic acids is 1. The number of hydrogen-bond acceptors (Lipinski definition) is 9. The summed E-state index contributed by atoms with van der Waals surface area (Å²) in [6, 6.07) is 21.2. The van der Waals surface area contributed by atoms with Crippen LogP contribution in [-0.4, -0.2) is 38.0 Å². The fourth-order valence-corrected chi connectivity index (χ4v) is 6.34. The molecule has 0 unspecified atom stereocenters. The van der Waals surface area contributed by atoms with E-state index in [1.54, 1.807) is 44.4 Å². The molecule has 1 atom stereocenters. The molecule has 1 aliphatic heterocycles. The van der Waals surface area contributed by atoms with Crippen molar-refractivity contribution in [1.82, 2.24) is 4.57 Å². The van der Waals surface area contributed by atoms with E-state index in [4.69, 9.17) is 29.2 Å². The molecule has 1 aromatic heterocycles. The summed E-state index contributed by atoms with van der Waals surface area (Å²) < 4.78 is 24.3. The number of halogens is 1. The largest absolute Gasteiger partial charge is 0.497 e. The molecule has 0 aliphatic carbocycles. The molecule has 4 aromatic rings. The maximum Gasteiger partial charge on any atom is 0.338 e. The second kappa shape index (κ2) is 13.1. The summed E-state index contributed by atoms with van der Waals surface area (Å²) in [6.45, 7) is 1.75. The van der Waals surface area contributed by atoms with Gasteiger partial charge in [0.05, 0.1) is 47.1 Å². The van der Waals surface area contributed by atoms with Gasteiger partial charge < -0.3 is 18.9 Å². The number of nitriles is 1. The number of hydrogen-bond donors (Lipinski definition) is 0. The lowest BCUT2D eigenvalue weighted by Gasteiger charge is -2.26. The molecule has 1 aliphatic rings. The van der Waals surface area contributed by atoms with Crippen LogP contribution in [0.1, 0.15) is 29.7 Å². The van der Waals surface area contributed by atoms with Gasteiger partial charge in [-0.05, 0) is 64.3 Å². The Morgan fingerprint density at radius 2 is 1.86 bits per heavy atom. The zero-order valence-corrected chi connectivity index (χ0v) is 25.9. The maximum absolute atomic E-state index is 14.1. The van der Waals surface area contributed by atoms with Crippen molar-refractivity contribution in [2.24, 2.45) is 4.99 Å². The Morgan fingerprint density at radius 1 is 1.12 bits per heavy atom. The minimum Gasteiger partial charge on any atom is -0.497 e. The van der Waals surface area contributed by atoms with Crippen LogP contribution >= 0.6 is 27.3 Å². The van der Waals surface area contributed by atoms with E-state index in [9.17, 15) is 9.59 Å². The molecule has 0 spiro atoms. The monoisotopic (exact) mass is 659 g/mol. The lowest BCUT2D eigenvalue weighted by molar-refractivity contribution is -0.138. The van der Waals surface area contributed by atoms with Crippen molar-refractivity contribution >= 4 is 45.0 Å². The third-order valence-corrected chi connectivity index (χ3v) is 8.21. The van der Waals surface area contributed by atoms with Gasteiger partial charge in [0.2, 0.25) is 0 Å². The molecule has 0 bridgehead atoms. The minimum absolute atomic E-state index is 0.148. The maximum atomic E-state index is 14.1. The van der Waals surface area contributed by atoms with Crippen LogP contribution in [0.25, 0.3) is 11.8 Å². The highest BCUT2D eigenvalue weighted by atomic mass is 79.9. The molecule has 0 fully saturated rings. The first kappa shape index (κ1) is 29.8. The zero-order chi connectivity index (χ0) is 30.5. The molecule has 218 valence electrons. The van der Waals surface area contributed by atoms with Gasteiger partial charge >= 0.3 is 5.97 Å². The van der Waals surface area contributed by atoms with Crippen LogP contribution in [0.5, 0.6) is 17.2 Å². The molecule has 0 N–H and O–H groups in total. The first-order chi connectivity index (χ1) is 20.9. The molecular weight excluding hydrogens is 634 g/mol. The number of rotatable bonds is 9. The number of aromatic nitrogens is 1. The molecule has 5 rings (SSSR count). The van der Waals surface area contributed by atoms with Gasteiger partial charge in [0, 0.05) is 5.56 Å². The summed E-state index contributed by atoms with van der Waals surface area (Å²) in [5, 5.41) is 8.93. The first-order valence-corrected chi connectivity index (χ1v) is 14.8. The number of ether oxygens (including phenoxy) is 4. The molecule has 3 aromatic carbocycles. The number of benzene rings is 3. The fourth-order valence-electron chi connectivity index (χ4n) is 4.76. The predicted octanol–water partition coefficient (Wildman–Crippen LogP) is 4.62. The summed E-state index contributed by atoms with van der Waals surface area (Å²) in [5.41, 5.74) is 2.47. The second-order valence-corrected chi connectivity index (χ2v) is 11.0. The van der Waals surface area contributed by atoms with E-state index in [1.807, 2.05) is 48.5 Å². The number of carbonyl (C=O) groups is 1. The van der Waals surface area contributed by atoms with E-state index in [1.165, 1.54) is 23.0 Å². The van der Waals surface area contributed by atoms with Gasteiger partial charge in [-0.15, -0.1) is 0 Å². The number of nitrogens with zero attached hydrogens (tertiary/aromatic N) is 3. The SMILES string of the molecule is CCOC(=O)C1=C(c2ccccc2)N=c2s/c(=C\c3cc(Br)c(OCC#N)c(OC)c3)c(=O)n2[C@H]1c1ccc(OC)cc1. The van der Waals surface area contributed by atoms with Crippen LogP contribution in [0.3, 0.4) is 0 Å². The lowest BCUT2D eigenvalue weighted by atomic mass is 9.93. The van der Waals surface area contributed by atoms with Crippen molar-refractivity contribution in [3.63, 3.8) is 0 Å². The average molecular weight is 661 g/mol. The second-order valence-electron chi connectivity index (χ2n) is 9.19. The fraction of sp³-hybridized carbons (Fsp3) is 0.188. The van der Waals surface area contributed by atoms with E-state index in [0.29, 0.717) is 47.9 Å². The minimum atomic E-state index is -0.804. The standard InChI is InChI=1S/C32H26BrN3O6S/c1-4-41-31(38)26-27(20-8-6-5-7-9-20)35-32-36(28(26)21-10-12-22(39-2)13-11-21)30(37)25(43-32)18-19-16-23(33)29(42-15-14-34)24(17-19)40-3/h5-13,16-18,28H,4,15H2,1-3H3/b25-18-/t28-/m0/s1. The Hall–Kier alpha value is -4.66. The summed E-state index contributed by atoms with van der Waals surface area (Å²) in [4.78, 5) is 33.0. The smallest absolute Gasteiger partial charge is 0.338 e.